The molecule has 23 heavy (non-hydrogen) atoms. The van der Waals surface area contributed by atoms with E-state index in [1.807, 2.05) is 0 Å². The molecule has 2 aromatic rings. The van der Waals surface area contributed by atoms with Crippen LogP contribution in [0.2, 0.25) is 0 Å². The molecule has 0 aliphatic carbocycles. The average Bonchev–Trinajstić information content (AvgIpc) is 3.15. The molecule has 2 heterocycles. The first-order valence-electron chi connectivity index (χ1n) is 7.22. The van der Waals surface area contributed by atoms with Crippen molar-refractivity contribution in [2.75, 3.05) is 13.1 Å². The van der Waals surface area contributed by atoms with Gasteiger partial charge in [0.05, 0.1) is 17.9 Å². The van der Waals surface area contributed by atoms with Crippen LogP contribution in [0.15, 0.2) is 36.8 Å². The number of amides is 1. The SMILES string of the molecule is CC1(C(=O)O)CCN(C(=O)c2cncn2-c2ccc(F)cc2)C1. The Morgan fingerprint density at radius 3 is 2.61 bits per heavy atom. The number of likely N-dealkylation sites (tertiary alicyclic amines) is 1. The molecule has 1 aliphatic rings. The van der Waals surface area contributed by atoms with E-state index < -0.39 is 11.4 Å². The lowest BCUT2D eigenvalue weighted by Gasteiger charge is -2.20. The van der Waals surface area contributed by atoms with Gasteiger partial charge in [-0.1, -0.05) is 0 Å². The number of nitrogens with zero attached hydrogens (tertiary/aromatic N) is 3. The summed E-state index contributed by atoms with van der Waals surface area (Å²) < 4.78 is 14.6. The molecule has 120 valence electrons. The van der Waals surface area contributed by atoms with E-state index in [0.717, 1.165) is 0 Å². The smallest absolute Gasteiger partial charge is 0.311 e. The summed E-state index contributed by atoms with van der Waals surface area (Å²) in [6.07, 6.45) is 3.33. The third-order valence-corrected chi connectivity index (χ3v) is 4.24. The van der Waals surface area contributed by atoms with E-state index in [-0.39, 0.29) is 18.3 Å². The molecule has 1 aromatic heterocycles. The first-order chi connectivity index (χ1) is 10.9. The Morgan fingerprint density at radius 1 is 1.30 bits per heavy atom. The summed E-state index contributed by atoms with van der Waals surface area (Å²) in [5.74, 6) is -1.55. The third kappa shape index (κ3) is 2.69. The minimum Gasteiger partial charge on any atom is -0.481 e. The van der Waals surface area contributed by atoms with Gasteiger partial charge in [-0.2, -0.15) is 0 Å². The summed E-state index contributed by atoms with van der Waals surface area (Å²) >= 11 is 0. The van der Waals surface area contributed by atoms with Crippen molar-refractivity contribution in [2.45, 2.75) is 13.3 Å². The molecule has 1 atom stereocenters. The van der Waals surface area contributed by atoms with Crippen molar-refractivity contribution in [1.29, 1.82) is 0 Å². The quantitative estimate of drug-likeness (QED) is 0.939. The van der Waals surface area contributed by atoms with E-state index >= 15 is 0 Å². The van der Waals surface area contributed by atoms with Gasteiger partial charge in [-0.25, -0.2) is 9.37 Å². The second-order valence-electron chi connectivity index (χ2n) is 5.97. The summed E-state index contributed by atoms with van der Waals surface area (Å²) in [5.41, 5.74) is 0.0230. The van der Waals surface area contributed by atoms with Crippen molar-refractivity contribution < 1.29 is 19.1 Å². The normalized spacial score (nSPS) is 20.7. The summed E-state index contributed by atoms with van der Waals surface area (Å²) in [7, 11) is 0. The Kier molecular flexibility index (Phi) is 3.63. The Labute approximate surface area is 132 Å². The van der Waals surface area contributed by atoms with E-state index in [2.05, 4.69) is 4.98 Å². The number of carbonyl (C=O) groups excluding carboxylic acids is 1. The van der Waals surface area contributed by atoms with Crippen LogP contribution in [0.5, 0.6) is 0 Å². The maximum atomic E-state index is 13.0. The van der Waals surface area contributed by atoms with Gasteiger partial charge in [-0.3, -0.25) is 14.2 Å². The number of imidazole rings is 1. The fraction of sp³-hybridized carbons (Fsp3) is 0.312. The highest BCUT2D eigenvalue weighted by molar-refractivity contribution is 5.94. The van der Waals surface area contributed by atoms with E-state index in [1.54, 1.807) is 23.6 Å². The second kappa shape index (κ2) is 5.49. The van der Waals surface area contributed by atoms with Crippen molar-refractivity contribution >= 4 is 11.9 Å². The maximum Gasteiger partial charge on any atom is 0.311 e. The van der Waals surface area contributed by atoms with Crippen molar-refractivity contribution in [3.8, 4) is 5.69 Å². The first kappa shape index (κ1) is 15.2. The van der Waals surface area contributed by atoms with Crippen LogP contribution >= 0.6 is 0 Å². The van der Waals surface area contributed by atoms with Crippen molar-refractivity contribution in [1.82, 2.24) is 14.5 Å². The van der Waals surface area contributed by atoms with Gasteiger partial charge >= 0.3 is 5.97 Å². The number of aromatic nitrogens is 2. The average molecular weight is 317 g/mol. The number of halogens is 1. The molecule has 1 N–H and O–H groups in total. The monoisotopic (exact) mass is 317 g/mol. The number of benzene rings is 1. The zero-order valence-electron chi connectivity index (χ0n) is 12.6. The Bertz CT molecular complexity index is 756. The summed E-state index contributed by atoms with van der Waals surface area (Å²) in [6.45, 7) is 2.19. The van der Waals surface area contributed by atoms with Gasteiger partial charge in [0.15, 0.2) is 0 Å². The van der Waals surface area contributed by atoms with Crippen LogP contribution in [0.25, 0.3) is 5.69 Å². The molecule has 1 fully saturated rings. The lowest BCUT2D eigenvalue weighted by molar-refractivity contribution is -0.147. The molecule has 0 radical (unpaired) electrons. The van der Waals surface area contributed by atoms with E-state index in [4.69, 9.17) is 0 Å². The first-order valence-corrected chi connectivity index (χ1v) is 7.22. The number of hydrogen-bond donors (Lipinski definition) is 1. The van der Waals surface area contributed by atoms with Crippen molar-refractivity contribution in [3.05, 3.63) is 48.3 Å². The summed E-state index contributed by atoms with van der Waals surface area (Å²) in [6, 6.07) is 5.72. The molecule has 0 spiro atoms. The molecule has 6 nitrogen and oxygen atoms in total. The molecule has 1 aromatic carbocycles. The number of carboxylic acid groups (broad SMARTS) is 1. The molecular formula is C16H16FN3O3. The molecule has 0 bridgehead atoms. The lowest BCUT2D eigenvalue weighted by Crippen LogP contribution is -2.35. The Morgan fingerprint density at radius 2 is 2.00 bits per heavy atom. The Balaban J connectivity index is 1.86. The lowest BCUT2D eigenvalue weighted by atomic mass is 9.90. The Hall–Kier alpha value is -2.70. The molecule has 1 amide bonds. The fourth-order valence-electron chi connectivity index (χ4n) is 2.73. The highest BCUT2D eigenvalue weighted by Crippen LogP contribution is 2.31. The van der Waals surface area contributed by atoms with E-state index in [0.29, 0.717) is 24.3 Å². The van der Waals surface area contributed by atoms with Crippen LogP contribution < -0.4 is 0 Å². The van der Waals surface area contributed by atoms with E-state index in [9.17, 15) is 19.1 Å². The van der Waals surface area contributed by atoms with Gasteiger partial charge in [0.2, 0.25) is 0 Å². The van der Waals surface area contributed by atoms with Crippen molar-refractivity contribution in [3.63, 3.8) is 0 Å². The van der Waals surface area contributed by atoms with Crippen molar-refractivity contribution in [2.24, 2.45) is 5.41 Å². The highest BCUT2D eigenvalue weighted by atomic mass is 19.1. The zero-order valence-corrected chi connectivity index (χ0v) is 12.6. The topological polar surface area (TPSA) is 75.4 Å². The van der Waals surface area contributed by atoms with E-state index in [1.165, 1.54) is 29.6 Å². The fourth-order valence-corrected chi connectivity index (χ4v) is 2.73. The molecule has 1 saturated heterocycles. The van der Waals surface area contributed by atoms with Crippen LogP contribution in [0.4, 0.5) is 4.39 Å². The third-order valence-electron chi connectivity index (χ3n) is 4.24. The summed E-state index contributed by atoms with van der Waals surface area (Å²) in [4.78, 5) is 29.5. The largest absolute Gasteiger partial charge is 0.481 e. The predicted molar refractivity (Wildman–Crippen MR) is 79.8 cm³/mol. The minimum absolute atomic E-state index is 0.162. The number of carbonyl (C=O) groups is 2. The van der Waals surface area contributed by atoms with Crippen LogP contribution in [0, 0.1) is 11.2 Å². The number of rotatable bonds is 3. The number of aliphatic carboxylic acids is 1. The van der Waals surface area contributed by atoms with Gasteiger partial charge < -0.3 is 10.0 Å². The second-order valence-corrected chi connectivity index (χ2v) is 5.97. The molecule has 0 saturated carbocycles. The number of hydrogen-bond acceptors (Lipinski definition) is 3. The molecule has 1 unspecified atom stereocenters. The van der Waals surface area contributed by atoms with Crippen LogP contribution in [-0.2, 0) is 4.79 Å². The van der Waals surface area contributed by atoms with Gasteiger partial charge in [0.1, 0.15) is 11.5 Å². The van der Waals surface area contributed by atoms with Gasteiger partial charge in [0, 0.05) is 18.8 Å². The van der Waals surface area contributed by atoms with Gasteiger partial charge in [0.25, 0.3) is 5.91 Å². The van der Waals surface area contributed by atoms with Crippen LogP contribution in [0.1, 0.15) is 23.8 Å². The maximum absolute atomic E-state index is 13.0. The van der Waals surface area contributed by atoms with Gasteiger partial charge in [-0.15, -0.1) is 0 Å². The minimum atomic E-state index is -0.920. The van der Waals surface area contributed by atoms with Gasteiger partial charge in [-0.05, 0) is 37.6 Å². The highest BCUT2D eigenvalue weighted by Gasteiger charge is 2.42. The summed E-state index contributed by atoms with van der Waals surface area (Å²) in [5, 5.41) is 9.27. The molecule has 3 rings (SSSR count). The standard InChI is InChI=1S/C16H16FN3O3/c1-16(15(22)23)6-7-19(9-16)14(21)13-8-18-10-20(13)12-4-2-11(17)3-5-12/h2-5,8,10H,6-7,9H2,1H3,(H,22,23). The molecular weight excluding hydrogens is 301 g/mol. The van der Waals surface area contributed by atoms with Crippen LogP contribution in [0.3, 0.4) is 0 Å². The number of carboxylic acids is 1. The predicted octanol–water partition coefficient (Wildman–Crippen LogP) is 1.95. The molecule has 1 aliphatic heterocycles. The zero-order chi connectivity index (χ0) is 16.6. The van der Waals surface area contributed by atoms with Crippen LogP contribution in [-0.4, -0.2) is 44.5 Å². The molecule has 7 heteroatoms.